The number of alkyl halides is 1. The molecule has 4 nitrogen and oxygen atoms in total. The van der Waals surface area contributed by atoms with Crippen molar-refractivity contribution >= 4 is 22.0 Å². The Kier molecular flexibility index (Phi) is 4.29. The van der Waals surface area contributed by atoms with Gasteiger partial charge in [-0.05, 0) is 18.1 Å². The molecule has 4 atom stereocenters. The molecule has 0 N–H and O–H groups in total. The third-order valence-electron chi connectivity index (χ3n) is 5.01. The molecule has 2 aromatic carbocycles. The standard InChI is InChI=1S/C20H20BrNO3/c1-20(21)17(12-14-8-4-2-5-9-14)25-19(23)22-16(13-24-18(20)22)15-10-6-3-7-11-15/h2-11,16-18H,12-13H2,1H3/t16-,17-,18+,20-/m0/s1. The van der Waals surface area contributed by atoms with Crippen LogP contribution in [0.5, 0.6) is 0 Å². The van der Waals surface area contributed by atoms with Gasteiger partial charge in [0, 0.05) is 6.42 Å². The van der Waals surface area contributed by atoms with E-state index in [-0.39, 0.29) is 24.5 Å². The Bertz CT molecular complexity index is 750. The highest BCUT2D eigenvalue weighted by Gasteiger charge is 2.57. The first-order valence-electron chi connectivity index (χ1n) is 8.45. The van der Waals surface area contributed by atoms with Crippen molar-refractivity contribution in [1.82, 2.24) is 4.90 Å². The quantitative estimate of drug-likeness (QED) is 0.719. The molecular weight excluding hydrogens is 382 g/mol. The van der Waals surface area contributed by atoms with Crippen LogP contribution in [0.4, 0.5) is 4.79 Å². The number of hydrogen-bond donors (Lipinski definition) is 0. The lowest BCUT2D eigenvalue weighted by atomic mass is 9.93. The minimum absolute atomic E-state index is 0.117. The monoisotopic (exact) mass is 401 g/mol. The maximum atomic E-state index is 12.8. The highest BCUT2D eigenvalue weighted by Crippen LogP contribution is 2.45. The van der Waals surface area contributed by atoms with E-state index < -0.39 is 4.32 Å². The van der Waals surface area contributed by atoms with E-state index >= 15 is 0 Å². The number of carbonyl (C=O) groups is 1. The highest BCUT2D eigenvalue weighted by molar-refractivity contribution is 9.10. The van der Waals surface area contributed by atoms with Gasteiger partial charge in [0.15, 0.2) is 6.23 Å². The normalized spacial score (nSPS) is 31.5. The van der Waals surface area contributed by atoms with Crippen LogP contribution in [0.25, 0.3) is 0 Å². The average Bonchev–Trinajstić information content (AvgIpc) is 3.08. The summed E-state index contributed by atoms with van der Waals surface area (Å²) in [5.74, 6) is 0. The molecule has 2 aromatic rings. The summed E-state index contributed by atoms with van der Waals surface area (Å²) in [5, 5.41) is 0. The molecule has 5 heteroatoms. The van der Waals surface area contributed by atoms with E-state index in [1.807, 2.05) is 67.6 Å². The number of hydrogen-bond acceptors (Lipinski definition) is 3. The minimum atomic E-state index is -0.486. The summed E-state index contributed by atoms with van der Waals surface area (Å²) in [5.41, 5.74) is 2.20. The molecule has 1 amide bonds. The Morgan fingerprint density at radius 3 is 2.44 bits per heavy atom. The molecule has 0 radical (unpaired) electrons. The minimum Gasteiger partial charge on any atom is -0.444 e. The van der Waals surface area contributed by atoms with Crippen LogP contribution in [0.1, 0.15) is 24.1 Å². The van der Waals surface area contributed by atoms with Gasteiger partial charge in [-0.25, -0.2) is 4.79 Å². The van der Waals surface area contributed by atoms with Gasteiger partial charge in [-0.15, -0.1) is 0 Å². The molecule has 2 heterocycles. The largest absolute Gasteiger partial charge is 0.444 e. The van der Waals surface area contributed by atoms with E-state index in [2.05, 4.69) is 15.9 Å². The lowest BCUT2D eigenvalue weighted by Gasteiger charge is -2.45. The van der Waals surface area contributed by atoms with Gasteiger partial charge in [0.2, 0.25) is 0 Å². The van der Waals surface area contributed by atoms with Crippen molar-refractivity contribution in [2.75, 3.05) is 6.61 Å². The molecule has 0 aliphatic carbocycles. The number of cyclic esters (lactones) is 1. The first-order chi connectivity index (χ1) is 12.1. The third kappa shape index (κ3) is 2.96. The van der Waals surface area contributed by atoms with Crippen LogP contribution in [0.15, 0.2) is 60.7 Å². The van der Waals surface area contributed by atoms with Crippen LogP contribution in [-0.4, -0.2) is 34.3 Å². The van der Waals surface area contributed by atoms with Crippen LogP contribution in [-0.2, 0) is 15.9 Å². The summed E-state index contributed by atoms with van der Waals surface area (Å²) in [6.07, 6.45) is -0.307. The lowest BCUT2D eigenvalue weighted by Crippen LogP contribution is -2.61. The molecule has 130 valence electrons. The maximum Gasteiger partial charge on any atom is 0.412 e. The second-order valence-electron chi connectivity index (χ2n) is 6.73. The predicted molar refractivity (Wildman–Crippen MR) is 98.5 cm³/mol. The number of carbonyl (C=O) groups excluding carboxylic acids is 1. The number of halogens is 1. The Hall–Kier alpha value is -1.85. The second-order valence-corrected chi connectivity index (χ2v) is 8.44. The Morgan fingerprint density at radius 1 is 1.12 bits per heavy atom. The molecule has 2 aliphatic rings. The maximum absolute atomic E-state index is 12.8. The summed E-state index contributed by atoms with van der Waals surface area (Å²) in [4.78, 5) is 14.5. The van der Waals surface area contributed by atoms with Crippen molar-refractivity contribution in [3.05, 3.63) is 71.8 Å². The molecular formula is C20H20BrNO3. The number of ether oxygens (including phenoxy) is 2. The van der Waals surface area contributed by atoms with Crippen molar-refractivity contribution in [2.24, 2.45) is 0 Å². The fourth-order valence-corrected chi connectivity index (χ4v) is 4.23. The Morgan fingerprint density at radius 2 is 1.76 bits per heavy atom. The third-order valence-corrected chi connectivity index (χ3v) is 5.92. The zero-order chi connectivity index (χ0) is 17.4. The summed E-state index contributed by atoms with van der Waals surface area (Å²) < 4.78 is 11.4. The van der Waals surface area contributed by atoms with Crippen LogP contribution in [0.3, 0.4) is 0 Å². The molecule has 25 heavy (non-hydrogen) atoms. The van der Waals surface area contributed by atoms with Crippen LogP contribution in [0, 0.1) is 0 Å². The van der Waals surface area contributed by atoms with Crippen LogP contribution < -0.4 is 0 Å². The van der Waals surface area contributed by atoms with Gasteiger partial charge in [-0.1, -0.05) is 76.6 Å². The summed E-state index contributed by atoms with van der Waals surface area (Å²) >= 11 is 3.81. The van der Waals surface area contributed by atoms with Gasteiger partial charge < -0.3 is 9.47 Å². The van der Waals surface area contributed by atoms with E-state index in [9.17, 15) is 4.79 Å². The Labute approximate surface area is 155 Å². The molecule has 2 aliphatic heterocycles. The number of rotatable bonds is 3. The fraction of sp³-hybridized carbons (Fsp3) is 0.350. The number of fused-ring (bicyclic) bond motifs is 1. The first kappa shape index (κ1) is 16.6. The van der Waals surface area contributed by atoms with Gasteiger partial charge in [0.1, 0.15) is 10.4 Å². The molecule has 0 unspecified atom stereocenters. The van der Waals surface area contributed by atoms with Gasteiger partial charge >= 0.3 is 6.09 Å². The van der Waals surface area contributed by atoms with Gasteiger partial charge in [0.25, 0.3) is 0 Å². The summed E-state index contributed by atoms with van der Waals surface area (Å²) in [7, 11) is 0. The van der Waals surface area contributed by atoms with Crippen LogP contribution in [0.2, 0.25) is 0 Å². The fourth-order valence-electron chi connectivity index (χ4n) is 3.62. The van der Waals surface area contributed by atoms with Gasteiger partial charge in [0.05, 0.1) is 12.6 Å². The zero-order valence-electron chi connectivity index (χ0n) is 14.0. The number of nitrogens with zero attached hydrogens (tertiary/aromatic N) is 1. The molecule has 2 fully saturated rings. The molecule has 4 rings (SSSR count). The molecule has 0 bridgehead atoms. The van der Waals surface area contributed by atoms with Crippen molar-refractivity contribution in [3.8, 4) is 0 Å². The zero-order valence-corrected chi connectivity index (χ0v) is 15.6. The molecule has 2 saturated heterocycles. The lowest BCUT2D eigenvalue weighted by molar-refractivity contribution is -0.0808. The first-order valence-corrected chi connectivity index (χ1v) is 9.25. The SMILES string of the molecule is C[C@]1(Br)[C@H](Cc2ccccc2)OC(=O)N2[C@H](c3ccccc3)CO[C@@H]21. The van der Waals surface area contributed by atoms with E-state index in [4.69, 9.17) is 9.47 Å². The van der Waals surface area contributed by atoms with E-state index in [0.717, 1.165) is 11.1 Å². The summed E-state index contributed by atoms with van der Waals surface area (Å²) in [6.45, 7) is 2.51. The second kappa shape index (κ2) is 6.46. The van der Waals surface area contributed by atoms with Crippen molar-refractivity contribution in [2.45, 2.75) is 36.0 Å². The Balaban J connectivity index is 1.60. The van der Waals surface area contributed by atoms with Crippen molar-refractivity contribution in [1.29, 1.82) is 0 Å². The van der Waals surface area contributed by atoms with E-state index in [1.54, 1.807) is 4.90 Å². The van der Waals surface area contributed by atoms with Gasteiger partial charge in [-0.2, -0.15) is 0 Å². The van der Waals surface area contributed by atoms with Crippen molar-refractivity contribution < 1.29 is 14.3 Å². The summed E-state index contributed by atoms with van der Waals surface area (Å²) in [6, 6.07) is 19.9. The topological polar surface area (TPSA) is 38.8 Å². The van der Waals surface area contributed by atoms with Crippen LogP contribution >= 0.6 is 15.9 Å². The number of benzene rings is 2. The average molecular weight is 402 g/mol. The van der Waals surface area contributed by atoms with E-state index in [0.29, 0.717) is 13.0 Å². The smallest absolute Gasteiger partial charge is 0.412 e. The number of amides is 1. The molecule has 0 saturated carbocycles. The molecule has 0 spiro atoms. The van der Waals surface area contributed by atoms with E-state index in [1.165, 1.54) is 0 Å². The van der Waals surface area contributed by atoms with Gasteiger partial charge in [-0.3, -0.25) is 4.90 Å². The highest BCUT2D eigenvalue weighted by atomic mass is 79.9. The molecule has 0 aromatic heterocycles. The predicted octanol–water partition coefficient (Wildman–Crippen LogP) is 4.30. The van der Waals surface area contributed by atoms with Crippen molar-refractivity contribution in [3.63, 3.8) is 0 Å².